The summed E-state index contributed by atoms with van der Waals surface area (Å²) in [6.07, 6.45) is 5.02. The van der Waals surface area contributed by atoms with Crippen LogP contribution in [-0.2, 0) is 19.4 Å². The van der Waals surface area contributed by atoms with E-state index in [2.05, 4.69) is 92.4 Å². The van der Waals surface area contributed by atoms with Crippen LogP contribution in [0.1, 0.15) is 48.9 Å². The number of ether oxygens (including phenoxy) is 1. The summed E-state index contributed by atoms with van der Waals surface area (Å²) in [5.41, 5.74) is 8.01. The highest BCUT2D eigenvalue weighted by Crippen LogP contribution is 2.31. The molecule has 32 heavy (non-hydrogen) atoms. The first-order valence-electron chi connectivity index (χ1n) is 12.3. The van der Waals surface area contributed by atoms with Crippen molar-refractivity contribution in [2.24, 2.45) is 5.92 Å². The number of fused-ring (bicyclic) bond motifs is 1. The first-order valence-corrected chi connectivity index (χ1v) is 12.3. The van der Waals surface area contributed by atoms with Crippen molar-refractivity contribution in [2.75, 3.05) is 19.6 Å². The van der Waals surface area contributed by atoms with Crippen molar-refractivity contribution in [3.8, 4) is 16.9 Å². The van der Waals surface area contributed by atoms with E-state index in [-0.39, 0.29) is 0 Å². The molecule has 4 rings (SSSR count). The number of aryl methyl sites for hydroxylation is 2. The van der Waals surface area contributed by atoms with Gasteiger partial charge in [-0.2, -0.15) is 0 Å². The van der Waals surface area contributed by atoms with Gasteiger partial charge in [0.2, 0.25) is 0 Å². The van der Waals surface area contributed by atoms with Gasteiger partial charge in [0.05, 0.1) is 0 Å². The fourth-order valence-electron chi connectivity index (χ4n) is 4.75. The zero-order chi connectivity index (χ0) is 22.3. The maximum Gasteiger partial charge on any atom is 0.120 e. The monoisotopic (exact) mass is 427 g/mol. The standard InChI is InChI=1S/C30H37NO/c1-4-31(5-2)19-18-24-8-15-29-21-30(17-16-28(29)20-24)32-22-25-9-13-27(14-10-25)26-11-6-23(3)7-12-26/h6-7,9-14,16-17,21,24H,4-5,8,15,18-20,22H2,1-3H3. The van der Waals surface area contributed by atoms with Gasteiger partial charge in [-0.05, 0) is 98.1 Å². The van der Waals surface area contributed by atoms with Crippen LogP contribution < -0.4 is 4.74 Å². The maximum atomic E-state index is 6.15. The highest BCUT2D eigenvalue weighted by molar-refractivity contribution is 5.63. The Morgan fingerprint density at radius 2 is 1.53 bits per heavy atom. The van der Waals surface area contributed by atoms with E-state index >= 15 is 0 Å². The molecule has 1 aliphatic carbocycles. The van der Waals surface area contributed by atoms with Gasteiger partial charge in [0, 0.05) is 0 Å². The van der Waals surface area contributed by atoms with Crippen LogP contribution in [-0.4, -0.2) is 24.5 Å². The largest absolute Gasteiger partial charge is 0.489 e. The Morgan fingerprint density at radius 3 is 2.22 bits per heavy atom. The molecule has 0 heterocycles. The number of hydrogen-bond acceptors (Lipinski definition) is 2. The minimum Gasteiger partial charge on any atom is -0.489 e. The van der Waals surface area contributed by atoms with Crippen molar-refractivity contribution >= 4 is 0 Å². The molecule has 0 amide bonds. The van der Waals surface area contributed by atoms with Crippen LogP contribution in [0.25, 0.3) is 11.1 Å². The molecular formula is C30H37NO. The predicted octanol–water partition coefficient (Wildman–Crippen LogP) is 7.08. The molecule has 1 atom stereocenters. The van der Waals surface area contributed by atoms with Crippen molar-refractivity contribution in [3.63, 3.8) is 0 Å². The van der Waals surface area contributed by atoms with E-state index < -0.39 is 0 Å². The van der Waals surface area contributed by atoms with Gasteiger partial charge in [-0.15, -0.1) is 0 Å². The maximum absolute atomic E-state index is 6.15. The van der Waals surface area contributed by atoms with E-state index in [1.54, 1.807) is 0 Å². The van der Waals surface area contributed by atoms with Crippen LogP contribution in [0.3, 0.4) is 0 Å². The predicted molar refractivity (Wildman–Crippen MR) is 135 cm³/mol. The van der Waals surface area contributed by atoms with Crippen LogP contribution in [0.2, 0.25) is 0 Å². The second-order valence-electron chi connectivity index (χ2n) is 9.21. The Labute approximate surface area is 194 Å². The third-order valence-electron chi connectivity index (χ3n) is 7.00. The average molecular weight is 428 g/mol. The SMILES string of the molecule is CCN(CC)CCC1CCc2cc(OCc3ccc(-c4ccc(C)cc4)cc3)ccc2C1. The zero-order valence-corrected chi connectivity index (χ0v) is 19.9. The van der Waals surface area contributed by atoms with Gasteiger partial charge in [-0.1, -0.05) is 74.0 Å². The molecule has 168 valence electrons. The van der Waals surface area contributed by atoms with Crippen LogP contribution in [0.15, 0.2) is 66.7 Å². The first-order chi connectivity index (χ1) is 15.6. The summed E-state index contributed by atoms with van der Waals surface area (Å²) < 4.78 is 6.15. The van der Waals surface area contributed by atoms with Crippen molar-refractivity contribution in [2.45, 2.75) is 53.1 Å². The molecule has 0 radical (unpaired) electrons. The van der Waals surface area contributed by atoms with E-state index in [0.717, 1.165) is 24.8 Å². The smallest absolute Gasteiger partial charge is 0.120 e. The van der Waals surface area contributed by atoms with Gasteiger partial charge in [-0.25, -0.2) is 0 Å². The molecule has 1 unspecified atom stereocenters. The fraction of sp³-hybridized carbons (Fsp3) is 0.400. The van der Waals surface area contributed by atoms with E-state index in [4.69, 9.17) is 4.74 Å². The first kappa shape index (κ1) is 22.6. The Hall–Kier alpha value is -2.58. The molecule has 3 aromatic carbocycles. The quantitative estimate of drug-likeness (QED) is 0.362. The van der Waals surface area contributed by atoms with Gasteiger partial charge in [-0.3, -0.25) is 0 Å². The lowest BCUT2D eigenvalue weighted by atomic mass is 9.82. The van der Waals surface area contributed by atoms with Crippen molar-refractivity contribution < 1.29 is 4.74 Å². The lowest BCUT2D eigenvalue weighted by Gasteiger charge is -2.27. The zero-order valence-electron chi connectivity index (χ0n) is 19.9. The molecule has 0 aliphatic heterocycles. The molecule has 0 saturated carbocycles. The third kappa shape index (κ3) is 5.81. The van der Waals surface area contributed by atoms with E-state index in [1.165, 1.54) is 65.6 Å². The molecular weight excluding hydrogens is 390 g/mol. The summed E-state index contributed by atoms with van der Waals surface area (Å²) in [5, 5.41) is 0. The number of hydrogen-bond donors (Lipinski definition) is 0. The second kappa shape index (κ2) is 10.8. The van der Waals surface area contributed by atoms with Crippen molar-refractivity contribution in [3.05, 3.63) is 89.0 Å². The summed E-state index contributed by atoms with van der Waals surface area (Å²) in [4.78, 5) is 2.54. The molecule has 0 N–H and O–H groups in total. The molecule has 0 fully saturated rings. The number of rotatable bonds is 9. The topological polar surface area (TPSA) is 12.5 Å². The molecule has 1 aliphatic rings. The summed E-state index contributed by atoms with van der Waals surface area (Å²) in [5.74, 6) is 1.81. The van der Waals surface area contributed by atoms with Gasteiger partial charge in [0.25, 0.3) is 0 Å². The molecule has 0 bridgehead atoms. The molecule has 0 aromatic heterocycles. The van der Waals surface area contributed by atoms with Crippen LogP contribution >= 0.6 is 0 Å². The molecule has 0 spiro atoms. The molecule has 3 aromatic rings. The highest BCUT2D eigenvalue weighted by atomic mass is 16.5. The van der Waals surface area contributed by atoms with Gasteiger partial charge in [0.15, 0.2) is 0 Å². The van der Waals surface area contributed by atoms with Crippen LogP contribution in [0.4, 0.5) is 0 Å². The summed E-state index contributed by atoms with van der Waals surface area (Å²) in [6, 6.07) is 24.2. The van der Waals surface area contributed by atoms with Gasteiger partial charge < -0.3 is 9.64 Å². The van der Waals surface area contributed by atoms with Gasteiger partial charge >= 0.3 is 0 Å². The Balaban J connectivity index is 1.31. The Kier molecular flexibility index (Phi) is 7.65. The lowest BCUT2D eigenvalue weighted by Crippen LogP contribution is -2.27. The average Bonchev–Trinajstić information content (AvgIpc) is 2.84. The third-order valence-corrected chi connectivity index (χ3v) is 7.00. The number of benzene rings is 3. The van der Waals surface area contributed by atoms with Crippen molar-refractivity contribution in [1.29, 1.82) is 0 Å². The molecule has 2 nitrogen and oxygen atoms in total. The minimum atomic E-state index is 0.611. The summed E-state index contributed by atoms with van der Waals surface area (Å²) in [7, 11) is 0. The number of nitrogens with zero attached hydrogens (tertiary/aromatic N) is 1. The Bertz CT molecular complexity index is 986. The van der Waals surface area contributed by atoms with E-state index in [0.29, 0.717) is 6.61 Å². The van der Waals surface area contributed by atoms with E-state index in [9.17, 15) is 0 Å². The fourth-order valence-corrected chi connectivity index (χ4v) is 4.75. The Morgan fingerprint density at radius 1 is 0.844 bits per heavy atom. The highest BCUT2D eigenvalue weighted by Gasteiger charge is 2.19. The van der Waals surface area contributed by atoms with Crippen molar-refractivity contribution in [1.82, 2.24) is 4.90 Å². The second-order valence-corrected chi connectivity index (χ2v) is 9.21. The normalized spacial score (nSPS) is 15.6. The summed E-state index contributed by atoms with van der Waals surface area (Å²) >= 11 is 0. The lowest BCUT2D eigenvalue weighted by molar-refractivity contribution is 0.266. The van der Waals surface area contributed by atoms with E-state index in [1.807, 2.05) is 0 Å². The van der Waals surface area contributed by atoms with Crippen LogP contribution in [0.5, 0.6) is 5.75 Å². The van der Waals surface area contributed by atoms with Crippen LogP contribution in [0, 0.1) is 12.8 Å². The minimum absolute atomic E-state index is 0.611. The molecule has 0 saturated heterocycles. The summed E-state index contributed by atoms with van der Waals surface area (Å²) in [6.45, 7) is 10.8. The van der Waals surface area contributed by atoms with Gasteiger partial charge in [0.1, 0.15) is 12.4 Å². The molecule has 2 heteroatoms.